The van der Waals surface area contributed by atoms with E-state index in [0.29, 0.717) is 0 Å². The molecule has 0 fully saturated rings. The first kappa shape index (κ1) is 14.9. The third-order valence-electron chi connectivity index (χ3n) is 3.04. The topological polar surface area (TPSA) is 12.0 Å². The molecule has 1 N–H and O–H groups in total. The predicted molar refractivity (Wildman–Crippen MR) is 88.8 cm³/mol. The Kier molecular flexibility index (Phi) is 5.36. The van der Waals surface area contributed by atoms with Crippen molar-refractivity contribution in [3.63, 3.8) is 0 Å². The van der Waals surface area contributed by atoms with E-state index in [9.17, 15) is 4.39 Å². The van der Waals surface area contributed by atoms with E-state index >= 15 is 0 Å². The van der Waals surface area contributed by atoms with Crippen LogP contribution >= 0.6 is 38.5 Å². The van der Waals surface area contributed by atoms with Crippen LogP contribution in [0.3, 0.4) is 0 Å². The summed E-state index contributed by atoms with van der Waals surface area (Å²) in [7, 11) is 1.90. The zero-order valence-electron chi connectivity index (χ0n) is 10.5. The molecular weight excluding hydrogens is 420 g/mol. The van der Waals surface area contributed by atoms with Crippen molar-refractivity contribution in [1.82, 2.24) is 5.32 Å². The summed E-state index contributed by atoms with van der Waals surface area (Å²) in [6.45, 7) is 0. The minimum Gasteiger partial charge on any atom is -0.313 e. The molecule has 0 heterocycles. The zero-order chi connectivity index (χ0) is 13.8. The van der Waals surface area contributed by atoms with Crippen LogP contribution in [0.5, 0.6) is 0 Å². The first-order chi connectivity index (χ1) is 9.10. The summed E-state index contributed by atoms with van der Waals surface area (Å²) in [6.07, 6.45) is 0.829. The third-order valence-corrected chi connectivity index (χ3v) is 4.48. The van der Waals surface area contributed by atoms with Gasteiger partial charge in [-0.2, -0.15) is 0 Å². The van der Waals surface area contributed by atoms with Gasteiger partial charge < -0.3 is 5.32 Å². The second kappa shape index (κ2) is 6.81. The normalized spacial score (nSPS) is 12.4. The largest absolute Gasteiger partial charge is 0.313 e. The van der Waals surface area contributed by atoms with Crippen molar-refractivity contribution in [2.24, 2.45) is 0 Å². The molecule has 0 amide bonds. The van der Waals surface area contributed by atoms with Crippen LogP contribution < -0.4 is 5.32 Å². The van der Waals surface area contributed by atoms with Crippen molar-refractivity contribution >= 4 is 38.5 Å². The van der Waals surface area contributed by atoms with E-state index in [4.69, 9.17) is 0 Å². The Labute approximate surface area is 134 Å². The van der Waals surface area contributed by atoms with Gasteiger partial charge in [-0.15, -0.1) is 0 Å². The van der Waals surface area contributed by atoms with E-state index in [1.807, 2.05) is 7.05 Å². The quantitative estimate of drug-likeness (QED) is 0.689. The van der Waals surface area contributed by atoms with Crippen molar-refractivity contribution in [1.29, 1.82) is 0 Å². The van der Waals surface area contributed by atoms with Gasteiger partial charge in [0.05, 0.1) is 0 Å². The van der Waals surface area contributed by atoms with Crippen LogP contribution in [0.25, 0.3) is 0 Å². The molecular formula is C15H14BrFIN. The summed E-state index contributed by atoms with van der Waals surface area (Å²) < 4.78 is 15.5. The standard InChI is InChI=1S/C15H14BrFIN/c1-19-15(8-10-2-5-12(18)6-3-10)13-9-11(17)4-7-14(13)16/h2-7,9,15,19H,8H2,1H3. The number of rotatable bonds is 4. The summed E-state index contributed by atoms with van der Waals surface area (Å²) in [6, 6.07) is 13.3. The van der Waals surface area contributed by atoms with Gasteiger partial charge in [0.25, 0.3) is 0 Å². The zero-order valence-corrected chi connectivity index (χ0v) is 14.2. The van der Waals surface area contributed by atoms with Crippen LogP contribution in [0.4, 0.5) is 4.39 Å². The molecule has 0 aliphatic heterocycles. The molecule has 0 bridgehead atoms. The van der Waals surface area contributed by atoms with Gasteiger partial charge in [-0.1, -0.05) is 28.1 Å². The van der Waals surface area contributed by atoms with Gasteiger partial charge in [0, 0.05) is 14.1 Å². The minimum absolute atomic E-state index is 0.0881. The van der Waals surface area contributed by atoms with Crippen molar-refractivity contribution in [3.8, 4) is 0 Å². The molecule has 2 aromatic rings. The van der Waals surface area contributed by atoms with E-state index in [-0.39, 0.29) is 11.9 Å². The number of benzene rings is 2. The lowest BCUT2D eigenvalue weighted by atomic mass is 9.99. The SMILES string of the molecule is CNC(Cc1ccc(I)cc1)c1cc(F)ccc1Br. The van der Waals surface area contributed by atoms with Gasteiger partial charge in [0.15, 0.2) is 0 Å². The molecule has 1 nitrogen and oxygen atoms in total. The average Bonchev–Trinajstić information content (AvgIpc) is 2.41. The summed E-state index contributed by atoms with van der Waals surface area (Å²) in [4.78, 5) is 0. The van der Waals surface area contributed by atoms with Gasteiger partial charge in [0.2, 0.25) is 0 Å². The van der Waals surface area contributed by atoms with Crippen molar-refractivity contribution < 1.29 is 4.39 Å². The number of halogens is 3. The van der Waals surface area contributed by atoms with E-state index in [1.165, 1.54) is 15.2 Å². The van der Waals surface area contributed by atoms with Crippen LogP contribution in [0, 0.1) is 9.39 Å². The molecule has 0 aromatic heterocycles. The number of hydrogen-bond donors (Lipinski definition) is 1. The van der Waals surface area contributed by atoms with E-state index in [0.717, 1.165) is 16.5 Å². The van der Waals surface area contributed by atoms with E-state index in [2.05, 4.69) is 68.1 Å². The maximum absolute atomic E-state index is 13.4. The van der Waals surface area contributed by atoms with Crippen molar-refractivity contribution in [3.05, 3.63) is 67.5 Å². The Hall–Kier alpha value is -0.460. The van der Waals surface area contributed by atoms with Crippen LogP contribution in [-0.4, -0.2) is 7.05 Å². The molecule has 0 radical (unpaired) electrons. The van der Waals surface area contributed by atoms with Gasteiger partial charge in [0.1, 0.15) is 5.82 Å². The van der Waals surface area contributed by atoms with Crippen molar-refractivity contribution in [2.45, 2.75) is 12.5 Å². The molecule has 19 heavy (non-hydrogen) atoms. The molecule has 100 valence electrons. The Balaban J connectivity index is 2.24. The molecule has 1 unspecified atom stereocenters. The Morgan fingerprint density at radius 1 is 1.21 bits per heavy atom. The molecule has 0 saturated heterocycles. The Morgan fingerprint density at radius 3 is 2.53 bits per heavy atom. The molecule has 4 heteroatoms. The van der Waals surface area contributed by atoms with E-state index in [1.54, 1.807) is 12.1 Å². The van der Waals surface area contributed by atoms with Gasteiger partial charge >= 0.3 is 0 Å². The van der Waals surface area contributed by atoms with Crippen LogP contribution in [-0.2, 0) is 6.42 Å². The molecule has 0 spiro atoms. The van der Waals surface area contributed by atoms with Gasteiger partial charge in [-0.25, -0.2) is 4.39 Å². The Morgan fingerprint density at radius 2 is 1.89 bits per heavy atom. The highest BCUT2D eigenvalue weighted by Crippen LogP contribution is 2.27. The lowest BCUT2D eigenvalue weighted by Gasteiger charge is -2.18. The molecule has 2 aromatic carbocycles. The number of nitrogens with one attached hydrogen (secondary N) is 1. The van der Waals surface area contributed by atoms with Crippen LogP contribution in [0.2, 0.25) is 0 Å². The van der Waals surface area contributed by atoms with Crippen molar-refractivity contribution in [2.75, 3.05) is 7.05 Å². The smallest absolute Gasteiger partial charge is 0.123 e. The van der Waals surface area contributed by atoms with Crippen LogP contribution in [0.1, 0.15) is 17.2 Å². The maximum atomic E-state index is 13.4. The van der Waals surface area contributed by atoms with Gasteiger partial charge in [-0.05, 0) is 77.5 Å². The number of hydrogen-bond acceptors (Lipinski definition) is 1. The highest BCUT2D eigenvalue weighted by atomic mass is 127. The lowest BCUT2D eigenvalue weighted by Crippen LogP contribution is -2.19. The monoisotopic (exact) mass is 433 g/mol. The van der Waals surface area contributed by atoms with Gasteiger partial charge in [-0.3, -0.25) is 0 Å². The number of likely N-dealkylation sites (N-methyl/N-ethyl adjacent to an activating group) is 1. The fourth-order valence-corrected chi connectivity index (χ4v) is 2.89. The first-order valence-corrected chi connectivity index (χ1v) is 7.84. The average molecular weight is 434 g/mol. The predicted octanol–water partition coefficient (Wildman–Crippen LogP) is 4.70. The second-order valence-corrected chi connectivity index (χ2v) is 6.44. The maximum Gasteiger partial charge on any atom is 0.123 e. The molecule has 0 aliphatic rings. The minimum atomic E-state index is -0.207. The highest BCUT2D eigenvalue weighted by molar-refractivity contribution is 14.1. The molecule has 0 saturated carbocycles. The summed E-state index contributed by atoms with van der Waals surface area (Å²) in [5, 5.41) is 3.25. The molecule has 0 aliphatic carbocycles. The van der Waals surface area contributed by atoms with Crippen LogP contribution in [0.15, 0.2) is 46.9 Å². The molecule has 2 rings (SSSR count). The first-order valence-electron chi connectivity index (χ1n) is 5.97. The summed E-state index contributed by atoms with van der Waals surface area (Å²) in [5.41, 5.74) is 2.18. The fraction of sp³-hybridized carbons (Fsp3) is 0.200. The summed E-state index contributed by atoms with van der Waals surface area (Å²) >= 11 is 5.78. The van der Waals surface area contributed by atoms with E-state index < -0.39 is 0 Å². The third kappa shape index (κ3) is 4.00. The Bertz CT molecular complexity index is 557. The lowest BCUT2D eigenvalue weighted by molar-refractivity contribution is 0.575. The fourth-order valence-electron chi connectivity index (χ4n) is 2.01. The highest BCUT2D eigenvalue weighted by Gasteiger charge is 2.14. The summed E-state index contributed by atoms with van der Waals surface area (Å²) in [5.74, 6) is -0.207. The second-order valence-electron chi connectivity index (χ2n) is 4.34. The molecule has 1 atom stereocenters.